The van der Waals surface area contributed by atoms with Crippen LogP contribution in [0.4, 0.5) is 26.7 Å². The molecule has 20 nitrogen and oxygen atoms in total. The van der Waals surface area contributed by atoms with E-state index in [1.165, 1.54) is 16.7 Å². The predicted octanol–water partition coefficient (Wildman–Crippen LogP) is 9.88. The zero-order valence-electron chi connectivity index (χ0n) is 52.9. The highest BCUT2D eigenvalue weighted by atomic mass is 16.6. The summed E-state index contributed by atoms with van der Waals surface area (Å²) in [5, 5.41) is 6.12. The van der Waals surface area contributed by atoms with Crippen molar-refractivity contribution < 1.29 is 38.2 Å². The van der Waals surface area contributed by atoms with Gasteiger partial charge >= 0.3 is 12.2 Å². The quantitative estimate of drug-likeness (QED) is 0.0557. The van der Waals surface area contributed by atoms with E-state index in [1.807, 2.05) is 124 Å². The fourth-order valence-electron chi connectivity index (χ4n) is 14.5. The van der Waals surface area contributed by atoms with Crippen molar-refractivity contribution in [3.63, 3.8) is 0 Å². The molecule has 0 unspecified atom stereocenters. The van der Waals surface area contributed by atoms with E-state index in [0.29, 0.717) is 108 Å². The second-order valence-corrected chi connectivity index (χ2v) is 25.7. The van der Waals surface area contributed by atoms with Gasteiger partial charge < -0.3 is 45.1 Å². The van der Waals surface area contributed by atoms with E-state index in [4.69, 9.17) is 20.9 Å². The molecule has 20 heteroatoms. The van der Waals surface area contributed by atoms with Crippen LogP contribution in [-0.4, -0.2) is 148 Å². The minimum absolute atomic E-state index is 0.0410. The minimum Gasteiger partial charge on any atom is -0.446 e. The van der Waals surface area contributed by atoms with Gasteiger partial charge in [0.05, 0.1) is 22.8 Å². The van der Waals surface area contributed by atoms with Gasteiger partial charge in [0.2, 0.25) is 11.8 Å². The molecule has 6 aromatic carbocycles. The number of hydrogen-bond acceptors (Lipinski definition) is 13. The maximum atomic E-state index is 13.8. The number of likely N-dealkylation sites (tertiary alicyclic amines) is 3. The van der Waals surface area contributed by atoms with Crippen molar-refractivity contribution in [2.45, 2.75) is 110 Å². The number of para-hydroxylation sites is 1. The van der Waals surface area contributed by atoms with Gasteiger partial charge in [-0.2, -0.15) is 0 Å². The molecule has 0 spiro atoms. The molecule has 6 aliphatic rings. The smallest absolute Gasteiger partial charge is 0.411 e. The minimum atomic E-state index is -0.517. The lowest BCUT2D eigenvalue weighted by Crippen LogP contribution is -2.42. The number of rotatable bonds is 20. The molecule has 0 aliphatic carbocycles. The number of benzene rings is 6. The summed E-state index contributed by atoms with van der Waals surface area (Å²) in [7, 11) is 0. The highest BCUT2D eigenvalue weighted by Crippen LogP contribution is 2.37. The Balaban J connectivity index is 0.555. The molecule has 7 heterocycles. The van der Waals surface area contributed by atoms with Crippen LogP contribution in [-0.2, 0) is 64.8 Å². The third-order valence-corrected chi connectivity index (χ3v) is 19.6. The first-order valence-corrected chi connectivity index (χ1v) is 33.0. The Hall–Kier alpha value is -9.21. The van der Waals surface area contributed by atoms with Crippen molar-refractivity contribution in [3.8, 4) is 33.4 Å². The van der Waals surface area contributed by atoms with Crippen molar-refractivity contribution >= 4 is 52.9 Å². The second kappa shape index (κ2) is 27.9. The number of carbonyl (C=O) groups is 6. The third kappa shape index (κ3) is 14.4. The van der Waals surface area contributed by atoms with Crippen LogP contribution in [0.3, 0.4) is 0 Å². The zero-order valence-corrected chi connectivity index (χ0v) is 52.9. The molecule has 3 fully saturated rings. The summed E-state index contributed by atoms with van der Waals surface area (Å²) < 4.78 is 14.0. The van der Waals surface area contributed by atoms with E-state index in [2.05, 4.69) is 65.5 Å². The number of piperidine rings is 3. The van der Waals surface area contributed by atoms with Gasteiger partial charge in [0, 0.05) is 126 Å². The van der Waals surface area contributed by atoms with Crippen LogP contribution in [0.2, 0.25) is 0 Å². The average Bonchev–Trinajstić information content (AvgIpc) is 1.71. The molecule has 6 aliphatic heterocycles. The summed E-state index contributed by atoms with van der Waals surface area (Å²) in [6.45, 7) is 13.4. The van der Waals surface area contributed by atoms with Gasteiger partial charge in [0.1, 0.15) is 12.2 Å². The monoisotopic (exact) mass is 1250 g/mol. The predicted molar refractivity (Wildman–Crippen MR) is 357 cm³/mol. The molecule has 7 aromatic rings. The van der Waals surface area contributed by atoms with Gasteiger partial charge in [-0.25, -0.2) is 14.6 Å². The van der Waals surface area contributed by atoms with Gasteiger partial charge in [-0.05, 0) is 134 Å². The van der Waals surface area contributed by atoms with Gasteiger partial charge in [0.25, 0.3) is 11.8 Å². The normalized spacial score (nSPS) is 17.5. The van der Waals surface area contributed by atoms with Crippen LogP contribution in [0.5, 0.6) is 0 Å². The number of fused-ring (bicyclic) bond motifs is 3. The largest absolute Gasteiger partial charge is 0.446 e. The molecular formula is C73H82N12O8. The number of hydrogen-bond donors (Lipinski definition) is 4. The van der Waals surface area contributed by atoms with Crippen LogP contribution in [0, 0.1) is 5.92 Å². The Kier molecular flexibility index (Phi) is 18.8. The first kappa shape index (κ1) is 62.6. The van der Waals surface area contributed by atoms with Crippen LogP contribution in [0.25, 0.3) is 33.4 Å². The summed E-state index contributed by atoms with van der Waals surface area (Å²) in [6.07, 6.45) is 3.98. The highest BCUT2D eigenvalue weighted by Gasteiger charge is 2.33. The third-order valence-electron chi connectivity index (χ3n) is 19.6. The van der Waals surface area contributed by atoms with Crippen LogP contribution >= 0.6 is 0 Å². The van der Waals surface area contributed by atoms with Crippen molar-refractivity contribution in [1.82, 2.24) is 34.1 Å². The van der Waals surface area contributed by atoms with Crippen molar-refractivity contribution in [2.75, 3.05) is 81.0 Å². The van der Waals surface area contributed by atoms with E-state index >= 15 is 0 Å². The number of nitrogens with two attached hydrogens (primary N) is 2. The molecular weight excluding hydrogens is 1170 g/mol. The molecule has 93 heavy (non-hydrogen) atoms. The topological polar surface area (TPSA) is 234 Å². The number of imidazole rings is 1. The molecule has 13 rings (SSSR count). The molecule has 6 amide bonds. The van der Waals surface area contributed by atoms with E-state index < -0.39 is 18.1 Å². The van der Waals surface area contributed by atoms with Crippen LogP contribution in [0.15, 0.2) is 133 Å². The van der Waals surface area contributed by atoms with E-state index in [-0.39, 0.29) is 35.8 Å². The molecule has 1 aromatic heterocycles. The summed E-state index contributed by atoms with van der Waals surface area (Å²) >= 11 is 0. The fourth-order valence-corrected chi connectivity index (χ4v) is 14.5. The lowest BCUT2D eigenvalue weighted by molar-refractivity contribution is -0.123. The maximum absolute atomic E-state index is 13.8. The molecule has 0 atom stereocenters. The number of ether oxygens (including phenoxy) is 2. The molecule has 482 valence electrons. The number of anilines is 3. The fraction of sp³-hybridized carbons (Fsp3) is 0.384. The van der Waals surface area contributed by atoms with E-state index in [1.54, 1.807) is 0 Å². The summed E-state index contributed by atoms with van der Waals surface area (Å²) in [5.74, 6) is -0.249. The van der Waals surface area contributed by atoms with E-state index in [0.717, 1.165) is 127 Å². The summed E-state index contributed by atoms with van der Waals surface area (Å²) in [4.78, 5) is 95.6. The summed E-state index contributed by atoms with van der Waals surface area (Å²) in [5.41, 5.74) is 26.1. The highest BCUT2D eigenvalue weighted by molar-refractivity contribution is 5.99. The Bertz CT molecular complexity index is 3920. The van der Waals surface area contributed by atoms with Crippen molar-refractivity contribution in [2.24, 2.45) is 17.4 Å². The second-order valence-electron chi connectivity index (χ2n) is 25.7. The van der Waals surface area contributed by atoms with Crippen LogP contribution < -0.4 is 27.0 Å². The number of nitrogens with zero attached hydrogens (tertiary/aromatic N) is 8. The molecule has 0 radical (unpaired) electrons. The Labute approximate surface area is 542 Å². The SMILES string of the molecule is CCn1c(C(N)=O)nc2c1CN(Cc1ccc3c(c1)CCN3C(=O)CCN1CCC(OC(=O)Nc3cc(-c4ccc(-c5ccccc5NC(=O)OC5CCN(CCN6Cc7cc(CN8CCC(C(N)=O)CC8)ccc7C6=O)CC5)cc4)ccc3-c3ccccc3)CC1)C2. The molecule has 0 saturated carbocycles. The number of nitrogens with one attached hydrogen (secondary N) is 2. The lowest BCUT2D eigenvalue weighted by Gasteiger charge is -2.32. The van der Waals surface area contributed by atoms with E-state index in [9.17, 15) is 28.8 Å². The summed E-state index contributed by atoms with van der Waals surface area (Å²) in [6, 6.07) is 44.4. The number of amides is 6. The maximum Gasteiger partial charge on any atom is 0.411 e. The average molecular weight is 1260 g/mol. The molecule has 3 saturated heterocycles. The standard InChI is InChI=1S/C73H82N12O8/c1-2-84-66-47-82(46-64(66)76-70(84)69(75)88)44-49-13-21-65-55(40-49)24-37-85(65)67(86)29-36-79-32-25-57(26-33-79)93-73(91)78-63-42-54(18-20-60(63)51-8-4-3-5-9-51)50-14-16-52(17-15-50)59-10-6-7-11-62(59)77-72(90)92-58-27-34-80(35-28-58)38-39-83-45-56-41-48(12-19-61(56)71(83)89)43-81-30-22-53(23-31-81)68(74)87/h3-21,40-42,53,57-58H,2,22-39,43-47H2,1H3,(H2,74,87)(H2,75,88)(H,77,90)(H,78,91). The molecule has 0 bridgehead atoms. The van der Waals surface area contributed by atoms with Crippen molar-refractivity contribution in [3.05, 3.63) is 178 Å². The Morgan fingerprint density at radius 3 is 1.84 bits per heavy atom. The van der Waals surface area contributed by atoms with Gasteiger partial charge in [-0.15, -0.1) is 0 Å². The van der Waals surface area contributed by atoms with Gasteiger partial charge in [0.15, 0.2) is 5.82 Å². The number of carbonyl (C=O) groups excluding carboxylic acids is 6. The zero-order chi connectivity index (χ0) is 64.1. The first-order chi connectivity index (χ1) is 45.2. The van der Waals surface area contributed by atoms with Gasteiger partial charge in [-0.3, -0.25) is 39.6 Å². The number of primary amides is 2. The number of aromatic nitrogens is 2. The Morgan fingerprint density at radius 2 is 1.14 bits per heavy atom. The van der Waals surface area contributed by atoms with Crippen LogP contribution in [0.1, 0.15) is 106 Å². The molecule has 6 N–H and O–H groups in total. The first-order valence-electron chi connectivity index (χ1n) is 33.0. The van der Waals surface area contributed by atoms with Gasteiger partial charge in [-0.1, -0.05) is 109 Å². The lowest BCUT2D eigenvalue weighted by atomic mass is 9.96. The van der Waals surface area contributed by atoms with Crippen molar-refractivity contribution in [1.29, 1.82) is 0 Å². The Morgan fingerprint density at radius 1 is 0.548 bits per heavy atom.